The summed E-state index contributed by atoms with van der Waals surface area (Å²) in [5.74, 6) is -0.540. The third-order valence-corrected chi connectivity index (χ3v) is 4.51. The molecule has 0 radical (unpaired) electrons. The summed E-state index contributed by atoms with van der Waals surface area (Å²) in [6, 6.07) is 9.78. The number of halogens is 2. The first-order chi connectivity index (χ1) is 8.90. The first-order valence-electron chi connectivity index (χ1n) is 5.22. The standard InChI is InChI=1S/C12H10BrFN2O2S/c13-9-6-5-8(14)7-11(9)16-19(17,18)12-4-2-1-3-10(12)15/h1-7,16H,15H2. The van der Waals surface area contributed by atoms with Gasteiger partial charge >= 0.3 is 0 Å². The van der Waals surface area contributed by atoms with Crippen LogP contribution in [-0.4, -0.2) is 8.42 Å². The van der Waals surface area contributed by atoms with Crippen molar-refractivity contribution in [2.45, 2.75) is 4.90 Å². The molecule has 0 amide bonds. The summed E-state index contributed by atoms with van der Waals surface area (Å²) in [6.07, 6.45) is 0. The second-order valence-electron chi connectivity index (χ2n) is 3.77. The van der Waals surface area contributed by atoms with E-state index in [0.29, 0.717) is 4.47 Å². The Morgan fingerprint density at radius 3 is 2.53 bits per heavy atom. The van der Waals surface area contributed by atoms with Crippen LogP contribution in [0.15, 0.2) is 51.8 Å². The molecule has 0 aliphatic heterocycles. The van der Waals surface area contributed by atoms with Crippen LogP contribution in [0.1, 0.15) is 0 Å². The van der Waals surface area contributed by atoms with Crippen molar-refractivity contribution in [1.82, 2.24) is 0 Å². The molecular weight excluding hydrogens is 335 g/mol. The van der Waals surface area contributed by atoms with Crippen LogP contribution in [0, 0.1) is 5.82 Å². The highest BCUT2D eigenvalue weighted by Crippen LogP contribution is 2.27. The van der Waals surface area contributed by atoms with E-state index in [1.165, 1.54) is 24.3 Å². The molecule has 0 saturated carbocycles. The largest absolute Gasteiger partial charge is 0.398 e. The predicted octanol–water partition coefficient (Wildman–Crippen LogP) is 2.97. The molecule has 0 aliphatic carbocycles. The van der Waals surface area contributed by atoms with E-state index < -0.39 is 15.8 Å². The molecule has 0 atom stereocenters. The SMILES string of the molecule is Nc1ccccc1S(=O)(=O)Nc1cc(F)ccc1Br. The van der Waals surface area contributed by atoms with Crippen LogP contribution in [0.3, 0.4) is 0 Å². The molecule has 0 saturated heterocycles. The van der Waals surface area contributed by atoms with Crippen molar-refractivity contribution in [2.75, 3.05) is 10.5 Å². The molecule has 0 aliphatic rings. The van der Waals surface area contributed by atoms with Gasteiger partial charge in [0, 0.05) is 4.47 Å². The van der Waals surface area contributed by atoms with Gasteiger partial charge in [-0.25, -0.2) is 12.8 Å². The normalized spacial score (nSPS) is 11.3. The van der Waals surface area contributed by atoms with E-state index in [2.05, 4.69) is 20.7 Å². The zero-order valence-electron chi connectivity index (χ0n) is 9.60. The van der Waals surface area contributed by atoms with Crippen molar-refractivity contribution < 1.29 is 12.8 Å². The van der Waals surface area contributed by atoms with Crippen molar-refractivity contribution in [3.8, 4) is 0 Å². The average Bonchev–Trinajstić information content (AvgIpc) is 2.34. The minimum Gasteiger partial charge on any atom is -0.398 e. The molecule has 19 heavy (non-hydrogen) atoms. The van der Waals surface area contributed by atoms with E-state index in [9.17, 15) is 12.8 Å². The molecule has 0 bridgehead atoms. The first-order valence-corrected chi connectivity index (χ1v) is 7.50. The highest BCUT2D eigenvalue weighted by molar-refractivity contribution is 9.10. The van der Waals surface area contributed by atoms with Gasteiger partial charge in [-0.1, -0.05) is 12.1 Å². The van der Waals surface area contributed by atoms with Gasteiger partial charge in [0.2, 0.25) is 0 Å². The third-order valence-electron chi connectivity index (χ3n) is 2.38. The van der Waals surface area contributed by atoms with E-state index in [0.717, 1.165) is 6.07 Å². The number of anilines is 2. The van der Waals surface area contributed by atoms with Crippen LogP contribution in [0.4, 0.5) is 15.8 Å². The molecule has 0 fully saturated rings. The van der Waals surface area contributed by atoms with Gasteiger partial charge in [-0.05, 0) is 46.3 Å². The second-order valence-corrected chi connectivity index (χ2v) is 6.27. The number of nitrogens with one attached hydrogen (secondary N) is 1. The van der Waals surface area contributed by atoms with Crippen molar-refractivity contribution in [3.05, 3.63) is 52.8 Å². The molecule has 0 heterocycles. The number of nitrogens with two attached hydrogens (primary N) is 1. The minimum atomic E-state index is -3.85. The van der Waals surface area contributed by atoms with Crippen LogP contribution in [0.2, 0.25) is 0 Å². The number of hydrogen-bond acceptors (Lipinski definition) is 3. The first kappa shape index (κ1) is 13.8. The summed E-state index contributed by atoms with van der Waals surface area (Å²) >= 11 is 3.15. The summed E-state index contributed by atoms with van der Waals surface area (Å²) in [5.41, 5.74) is 5.86. The fraction of sp³-hybridized carbons (Fsp3) is 0. The Morgan fingerprint density at radius 1 is 1.16 bits per heavy atom. The quantitative estimate of drug-likeness (QED) is 0.840. The van der Waals surface area contributed by atoms with E-state index in [4.69, 9.17) is 5.73 Å². The lowest BCUT2D eigenvalue weighted by atomic mass is 10.3. The van der Waals surface area contributed by atoms with Crippen LogP contribution >= 0.6 is 15.9 Å². The lowest BCUT2D eigenvalue weighted by Gasteiger charge is -2.11. The van der Waals surface area contributed by atoms with Gasteiger partial charge in [0.05, 0.1) is 11.4 Å². The van der Waals surface area contributed by atoms with E-state index >= 15 is 0 Å². The number of benzene rings is 2. The highest BCUT2D eigenvalue weighted by Gasteiger charge is 2.18. The van der Waals surface area contributed by atoms with E-state index in [1.807, 2.05) is 0 Å². The maximum atomic E-state index is 13.1. The zero-order valence-corrected chi connectivity index (χ0v) is 12.0. The molecule has 3 N–H and O–H groups in total. The molecule has 2 rings (SSSR count). The Morgan fingerprint density at radius 2 is 1.84 bits per heavy atom. The van der Waals surface area contributed by atoms with Crippen molar-refractivity contribution in [1.29, 1.82) is 0 Å². The smallest absolute Gasteiger partial charge is 0.263 e. The van der Waals surface area contributed by atoms with E-state index in [-0.39, 0.29) is 16.3 Å². The fourth-order valence-electron chi connectivity index (χ4n) is 1.50. The number of nitrogen functional groups attached to an aromatic ring is 1. The Balaban J connectivity index is 2.43. The van der Waals surface area contributed by atoms with Gasteiger partial charge in [0.1, 0.15) is 10.7 Å². The van der Waals surface area contributed by atoms with Gasteiger partial charge in [0.15, 0.2) is 0 Å². The van der Waals surface area contributed by atoms with Gasteiger partial charge in [-0.15, -0.1) is 0 Å². The molecular formula is C12H10BrFN2O2S. The number of hydrogen-bond donors (Lipinski definition) is 2. The highest BCUT2D eigenvalue weighted by atomic mass is 79.9. The van der Waals surface area contributed by atoms with Gasteiger partial charge in [-0.3, -0.25) is 4.72 Å². The second kappa shape index (κ2) is 5.18. The molecule has 2 aromatic rings. The summed E-state index contributed by atoms with van der Waals surface area (Å²) in [7, 11) is -3.85. The zero-order chi connectivity index (χ0) is 14.0. The molecule has 0 unspecified atom stereocenters. The van der Waals surface area contributed by atoms with Crippen LogP contribution in [0.5, 0.6) is 0 Å². The molecule has 2 aromatic carbocycles. The van der Waals surface area contributed by atoms with Crippen LogP contribution < -0.4 is 10.5 Å². The average molecular weight is 345 g/mol. The molecule has 0 aromatic heterocycles. The Kier molecular flexibility index (Phi) is 3.77. The summed E-state index contributed by atoms with van der Waals surface area (Å²) in [5, 5.41) is 0. The van der Waals surface area contributed by atoms with E-state index in [1.54, 1.807) is 12.1 Å². The molecule has 4 nitrogen and oxygen atoms in total. The van der Waals surface area contributed by atoms with Crippen LogP contribution in [0.25, 0.3) is 0 Å². The van der Waals surface area contributed by atoms with Gasteiger partial charge in [-0.2, -0.15) is 0 Å². The summed E-state index contributed by atoms with van der Waals surface area (Å²) < 4.78 is 40.2. The van der Waals surface area contributed by atoms with Crippen molar-refractivity contribution >= 4 is 37.3 Å². The lowest BCUT2D eigenvalue weighted by Crippen LogP contribution is -2.15. The van der Waals surface area contributed by atoms with Crippen LogP contribution in [-0.2, 0) is 10.0 Å². The maximum absolute atomic E-state index is 13.1. The maximum Gasteiger partial charge on any atom is 0.263 e. The molecule has 100 valence electrons. The summed E-state index contributed by atoms with van der Waals surface area (Å²) in [6.45, 7) is 0. The third kappa shape index (κ3) is 3.05. The van der Waals surface area contributed by atoms with Gasteiger partial charge in [0.25, 0.3) is 10.0 Å². The topological polar surface area (TPSA) is 72.2 Å². The number of rotatable bonds is 3. The monoisotopic (exact) mass is 344 g/mol. The number of sulfonamides is 1. The summed E-state index contributed by atoms with van der Waals surface area (Å²) in [4.78, 5) is -0.0499. The fourth-order valence-corrected chi connectivity index (χ4v) is 3.18. The Hall–Kier alpha value is -1.60. The Bertz CT molecular complexity index is 719. The van der Waals surface area contributed by atoms with Crippen molar-refractivity contribution in [2.24, 2.45) is 0 Å². The Labute approximate surface area is 118 Å². The van der Waals surface area contributed by atoms with Crippen molar-refractivity contribution in [3.63, 3.8) is 0 Å². The molecule has 7 heteroatoms. The predicted molar refractivity (Wildman–Crippen MR) is 75.8 cm³/mol. The minimum absolute atomic E-state index is 0.0499. The van der Waals surface area contributed by atoms with Gasteiger partial charge < -0.3 is 5.73 Å². The molecule has 0 spiro atoms. The lowest BCUT2D eigenvalue weighted by molar-refractivity contribution is 0.601. The number of para-hydroxylation sites is 1.